The lowest BCUT2D eigenvalue weighted by Gasteiger charge is -2.57. The van der Waals surface area contributed by atoms with E-state index in [1.807, 2.05) is 10.8 Å². The van der Waals surface area contributed by atoms with Crippen LogP contribution in [0.5, 0.6) is 0 Å². The van der Waals surface area contributed by atoms with Crippen LogP contribution in [0.2, 0.25) is 0 Å². The third-order valence-corrected chi connectivity index (χ3v) is 9.80. The summed E-state index contributed by atoms with van der Waals surface area (Å²) in [7, 11) is 1.70. The average Bonchev–Trinajstić information content (AvgIpc) is 3.34. The van der Waals surface area contributed by atoms with E-state index in [2.05, 4.69) is 11.9 Å². The zero-order valence-corrected chi connectivity index (χ0v) is 18.6. The van der Waals surface area contributed by atoms with Gasteiger partial charge in [-0.25, -0.2) is 4.98 Å². The van der Waals surface area contributed by atoms with E-state index in [4.69, 9.17) is 4.74 Å². The van der Waals surface area contributed by atoms with Gasteiger partial charge in [-0.05, 0) is 92.8 Å². The van der Waals surface area contributed by atoms with Gasteiger partial charge in [-0.1, -0.05) is 6.92 Å². The molecule has 1 heterocycles. The number of carbonyl (C=O) groups is 1. The van der Waals surface area contributed by atoms with Crippen LogP contribution in [-0.4, -0.2) is 39.8 Å². The third-order valence-electron chi connectivity index (χ3n) is 9.80. The summed E-state index contributed by atoms with van der Waals surface area (Å²) in [5.41, 5.74) is -0.429. The number of rotatable bonds is 5. The number of aromatic nitrogens is 2. The topological polar surface area (TPSA) is 64.3 Å². The Hall–Kier alpha value is -1.20. The van der Waals surface area contributed by atoms with E-state index in [1.54, 1.807) is 19.6 Å². The van der Waals surface area contributed by atoms with Gasteiger partial charge in [0.15, 0.2) is 5.78 Å². The SMILES string of the molecule is COC[C@@]1(O)CC[C@@H]2C3CC[C@@]4(C)C(CC[C@@H]4C(=O)Cn4ccnc4)C3CC[C@H]2C1. The summed E-state index contributed by atoms with van der Waals surface area (Å²) in [6, 6.07) is 0. The van der Waals surface area contributed by atoms with Crippen molar-refractivity contribution in [2.45, 2.75) is 76.9 Å². The number of ketones is 1. The molecule has 0 amide bonds. The Kier molecular flexibility index (Phi) is 5.34. The first-order chi connectivity index (χ1) is 14.4. The Morgan fingerprint density at radius 1 is 1.13 bits per heavy atom. The van der Waals surface area contributed by atoms with Crippen LogP contribution >= 0.6 is 0 Å². The van der Waals surface area contributed by atoms with Crippen LogP contribution in [0.25, 0.3) is 0 Å². The summed E-state index contributed by atoms with van der Waals surface area (Å²) >= 11 is 0. The minimum Gasteiger partial charge on any atom is -0.387 e. The normalized spacial score (nSPS) is 45.4. The molecule has 8 atom stereocenters. The maximum atomic E-state index is 13.2. The molecule has 4 fully saturated rings. The Morgan fingerprint density at radius 3 is 2.73 bits per heavy atom. The molecule has 5 nitrogen and oxygen atoms in total. The van der Waals surface area contributed by atoms with Gasteiger partial charge in [0.1, 0.15) is 0 Å². The van der Waals surface area contributed by atoms with E-state index < -0.39 is 5.60 Å². The van der Waals surface area contributed by atoms with Crippen LogP contribution in [0.4, 0.5) is 0 Å². The molecule has 0 radical (unpaired) electrons. The second-order valence-corrected chi connectivity index (χ2v) is 11.2. The van der Waals surface area contributed by atoms with E-state index in [1.165, 1.54) is 32.1 Å². The number of imidazole rings is 1. The Morgan fingerprint density at radius 2 is 1.97 bits per heavy atom. The summed E-state index contributed by atoms with van der Waals surface area (Å²) in [4.78, 5) is 17.3. The highest BCUT2D eigenvalue weighted by atomic mass is 16.5. The monoisotopic (exact) mass is 414 g/mol. The predicted octanol–water partition coefficient (Wildman–Crippen LogP) is 4.10. The van der Waals surface area contributed by atoms with Crippen molar-refractivity contribution in [2.24, 2.45) is 40.9 Å². The van der Waals surface area contributed by atoms with Crippen molar-refractivity contribution in [3.8, 4) is 0 Å². The lowest BCUT2D eigenvalue weighted by Crippen LogP contribution is -2.52. The smallest absolute Gasteiger partial charge is 0.156 e. The number of Topliss-reactive ketones (excluding diaryl/α,β-unsaturated/α-hetero) is 1. The standard InChI is InChI=1S/C25H38N2O3/c1-24-9-7-19-18-8-10-25(29,15-30-2)13-17(18)3-4-20(19)21(24)5-6-22(24)23(28)14-27-12-11-26-16-27/h11-12,16-22,29H,3-10,13-15H2,1-2H3/t17-,18-,19?,20?,21?,22+,24-,25+/m0/s1. The first kappa shape index (κ1) is 20.7. The molecule has 166 valence electrons. The molecule has 0 aromatic carbocycles. The van der Waals surface area contributed by atoms with Crippen molar-refractivity contribution in [3.63, 3.8) is 0 Å². The van der Waals surface area contributed by atoms with Gasteiger partial charge in [0.25, 0.3) is 0 Å². The molecule has 4 saturated carbocycles. The summed E-state index contributed by atoms with van der Waals surface area (Å²) < 4.78 is 7.25. The Balaban J connectivity index is 1.29. The molecule has 30 heavy (non-hydrogen) atoms. The van der Waals surface area contributed by atoms with Crippen molar-refractivity contribution in [2.75, 3.05) is 13.7 Å². The second kappa shape index (κ2) is 7.74. The fraction of sp³-hybridized carbons (Fsp3) is 0.840. The third kappa shape index (κ3) is 3.37. The number of hydrogen-bond acceptors (Lipinski definition) is 4. The number of carbonyl (C=O) groups excluding carboxylic acids is 1. The number of hydrogen-bond donors (Lipinski definition) is 1. The Bertz CT molecular complexity index is 764. The van der Waals surface area contributed by atoms with E-state index in [0.29, 0.717) is 30.8 Å². The molecule has 0 aliphatic heterocycles. The number of aliphatic hydroxyl groups is 1. The van der Waals surface area contributed by atoms with Crippen LogP contribution in [0, 0.1) is 40.9 Å². The minimum absolute atomic E-state index is 0.178. The summed E-state index contributed by atoms with van der Waals surface area (Å²) in [5.74, 6) is 4.33. The van der Waals surface area contributed by atoms with Crippen LogP contribution in [0.1, 0.15) is 64.7 Å². The molecule has 3 unspecified atom stereocenters. The second-order valence-electron chi connectivity index (χ2n) is 11.2. The molecule has 1 aromatic rings. The van der Waals surface area contributed by atoms with E-state index in [9.17, 15) is 9.90 Å². The molecular formula is C25H38N2O3. The molecule has 1 aromatic heterocycles. The molecule has 4 aliphatic rings. The van der Waals surface area contributed by atoms with Crippen LogP contribution in [0.3, 0.4) is 0 Å². The van der Waals surface area contributed by atoms with E-state index >= 15 is 0 Å². The molecule has 5 rings (SSSR count). The molecule has 5 heteroatoms. The summed E-state index contributed by atoms with van der Waals surface area (Å²) in [5, 5.41) is 10.9. The number of methoxy groups -OCH3 is 1. The number of fused-ring (bicyclic) bond motifs is 5. The van der Waals surface area contributed by atoms with Gasteiger partial charge in [0.2, 0.25) is 0 Å². The van der Waals surface area contributed by atoms with Crippen molar-refractivity contribution < 1.29 is 14.6 Å². The number of ether oxygens (including phenoxy) is 1. The van der Waals surface area contributed by atoms with Gasteiger partial charge >= 0.3 is 0 Å². The average molecular weight is 415 g/mol. The van der Waals surface area contributed by atoms with Crippen molar-refractivity contribution in [1.29, 1.82) is 0 Å². The van der Waals surface area contributed by atoms with Gasteiger partial charge in [0.05, 0.1) is 25.1 Å². The summed E-state index contributed by atoms with van der Waals surface area (Å²) in [6.07, 6.45) is 15.7. The maximum absolute atomic E-state index is 13.2. The molecular weight excluding hydrogens is 376 g/mol. The van der Waals surface area contributed by atoms with Crippen molar-refractivity contribution in [3.05, 3.63) is 18.7 Å². The maximum Gasteiger partial charge on any atom is 0.156 e. The first-order valence-electron chi connectivity index (χ1n) is 12.1. The zero-order chi connectivity index (χ0) is 20.9. The van der Waals surface area contributed by atoms with Gasteiger partial charge < -0.3 is 14.4 Å². The first-order valence-corrected chi connectivity index (χ1v) is 12.1. The fourth-order valence-electron chi connectivity index (χ4n) is 8.56. The predicted molar refractivity (Wildman–Crippen MR) is 115 cm³/mol. The Labute approximate surface area is 180 Å². The molecule has 4 aliphatic carbocycles. The largest absolute Gasteiger partial charge is 0.387 e. The van der Waals surface area contributed by atoms with E-state index in [0.717, 1.165) is 43.4 Å². The highest BCUT2D eigenvalue weighted by Crippen LogP contribution is 2.64. The van der Waals surface area contributed by atoms with Gasteiger partial charge in [-0.2, -0.15) is 0 Å². The van der Waals surface area contributed by atoms with Gasteiger partial charge in [-0.3, -0.25) is 4.79 Å². The zero-order valence-electron chi connectivity index (χ0n) is 18.6. The van der Waals surface area contributed by atoms with Crippen LogP contribution in [-0.2, 0) is 16.1 Å². The molecule has 1 N–H and O–H groups in total. The number of nitrogens with zero attached hydrogens (tertiary/aromatic N) is 2. The highest BCUT2D eigenvalue weighted by Gasteiger charge is 2.58. The van der Waals surface area contributed by atoms with Gasteiger partial charge in [0, 0.05) is 25.4 Å². The molecule has 0 bridgehead atoms. The fourth-order valence-corrected chi connectivity index (χ4v) is 8.56. The minimum atomic E-state index is -0.607. The lowest BCUT2D eigenvalue weighted by molar-refractivity contribution is -0.136. The molecule has 0 spiro atoms. The van der Waals surface area contributed by atoms with Gasteiger partial charge in [-0.15, -0.1) is 0 Å². The highest BCUT2D eigenvalue weighted by molar-refractivity contribution is 5.82. The van der Waals surface area contributed by atoms with Crippen LogP contribution in [0.15, 0.2) is 18.7 Å². The lowest BCUT2D eigenvalue weighted by atomic mass is 9.49. The van der Waals surface area contributed by atoms with Crippen molar-refractivity contribution in [1.82, 2.24) is 9.55 Å². The quantitative estimate of drug-likeness (QED) is 0.788. The van der Waals surface area contributed by atoms with Crippen LogP contribution < -0.4 is 0 Å². The van der Waals surface area contributed by atoms with E-state index in [-0.39, 0.29) is 11.3 Å². The molecule has 0 saturated heterocycles. The van der Waals surface area contributed by atoms with Crippen molar-refractivity contribution >= 4 is 5.78 Å². The summed E-state index contributed by atoms with van der Waals surface area (Å²) in [6.45, 7) is 3.39.